The Bertz CT molecular complexity index is 663. The monoisotopic (exact) mass is 317 g/mol. The second-order valence-electron chi connectivity index (χ2n) is 4.96. The Hall–Kier alpha value is -2.14. The van der Waals surface area contributed by atoms with Gasteiger partial charge in [0.1, 0.15) is 0 Å². The van der Waals surface area contributed by atoms with Crippen LogP contribution in [0.25, 0.3) is 0 Å². The minimum atomic E-state index is -0.957. The van der Waals surface area contributed by atoms with Crippen molar-refractivity contribution < 1.29 is 14.7 Å². The number of carboxylic acids is 1. The summed E-state index contributed by atoms with van der Waals surface area (Å²) in [7, 11) is 0. The van der Waals surface area contributed by atoms with Crippen molar-refractivity contribution in [3.63, 3.8) is 0 Å². The van der Waals surface area contributed by atoms with Crippen LogP contribution in [0.5, 0.6) is 0 Å². The fourth-order valence-corrected chi connectivity index (χ4v) is 3.07. The van der Waals surface area contributed by atoms with Gasteiger partial charge >= 0.3 is 5.97 Å². The lowest BCUT2D eigenvalue weighted by Gasteiger charge is -2.06. The smallest absolute Gasteiger partial charge is 0.335 e. The molecule has 1 amide bonds. The molecule has 1 heterocycles. The zero-order valence-electron chi connectivity index (χ0n) is 12.5. The van der Waals surface area contributed by atoms with E-state index in [9.17, 15) is 9.59 Å². The molecule has 1 aromatic heterocycles. The van der Waals surface area contributed by atoms with Crippen LogP contribution in [0.15, 0.2) is 36.4 Å². The number of carbonyl (C=O) groups is 2. The third-order valence-electron chi connectivity index (χ3n) is 3.39. The fourth-order valence-electron chi connectivity index (χ4n) is 2.18. The van der Waals surface area contributed by atoms with Gasteiger partial charge in [-0.2, -0.15) is 0 Å². The number of nitrogens with one attached hydrogen (secondary N) is 1. The Morgan fingerprint density at radius 1 is 1.14 bits per heavy atom. The molecule has 2 N–H and O–H groups in total. The minimum Gasteiger partial charge on any atom is -0.478 e. The minimum absolute atomic E-state index is 0.0633. The van der Waals surface area contributed by atoms with Crippen LogP contribution in [-0.4, -0.2) is 17.0 Å². The molecule has 1 aromatic carbocycles. The fraction of sp³-hybridized carbons (Fsp3) is 0.294. The molecule has 2 rings (SSSR count). The summed E-state index contributed by atoms with van der Waals surface area (Å²) >= 11 is 1.70. The van der Waals surface area contributed by atoms with E-state index in [-0.39, 0.29) is 17.9 Å². The van der Waals surface area contributed by atoms with Gasteiger partial charge in [0.25, 0.3) is 0 Å². The highest BCUT2D eigenvalue weighted by molar-refractivity contribution is 7.11. The van der Waals surface area contributed by atoms with Crippen molar-refractivity contribution in [3.05, 3.63) is 57.3 Å². The number of carbonyl (C=O) groups excluding carboxylic acids is 1. The SMILES string of the molecule is CCc1ccc(CNC(=O)CCc2ccccc2C(=O)O)s1. The number of carboxylic acid groups (broad SMARTS) is 1. The summed E-state index contributed by atoms with van der Waals surface area (Å²) in [5.41, 5.74) is 0.954. The summed E-state index contributed by atoms with van der Waals surface area (Å²) in [5.74, 6) is -1.02. The number of thiophene rings is 1. The third kappa shape index (κ3) is 4.43. The molecular weight excluding hydrogens is 298 g/mol. The van der Waals surface area contributed by atoms with Gasteiger partial charge in [-0.25, -0.2) is 4.79 Å². The zero-order chi connectivity index (χ0) is 15.9. The zero-order valence-corrected chi connectivity index (χ0v) is 13.3. The van der Waals surface area contributed by atoms with E-state index in [1.807, 2.05) is 6.07 Å². The Morgan fingerprint density at radius 3 is 2.55 bits per heavy atom. The van der Waals surface area contributed by atoms with Crippen molar-refractivity contribution in [1.29, 1.82) is 0 Å². The first kappa shape index (κ1) is 16.2. The molecule has 0 aliphatic carbocycles. The van der Waals surface area contributed by atoms with Gasteiger partial charge in [-0.3, -0.25) is 4.79 Å². The van der Waals surface area contributed by atoms with Gasteiger partial charge in [0.05, 0.1) is 12.1 Å². The van der Waals surface area contributed by atoms with Gasteiger partial charge in [-0.15, -0.1) is 11.3 Å². The normalized spacial score (nSPS) is 10.4. The highest BCUT2D eigenvalue weighted by atomic mass is 32.1. The molecule has 116 valence electrons. The average molecular weight is 317 g/mol. The molecule has 4 nitrogen and oxygen atoms in total. The van der Waals surface area contributed by atoms with E-state index in [2.05, 4.69) is 18.3 Å². The van der Waals surface area contributed by atoms with Crippen LogP contribution in [0, 0.1) is 0 Å². The van der Waals surface area contributed by atoms with Crippen molar-refractivity contribution in [3.8, 4) is 0 Å². The molecule has 0 saturated carbocycles. The van der Waals surface area contributed by atoms with Crippen molar-refractivity contribution in [2.24, 2.45) is 0 Å². The van der Waals surface area contributed by atoms with Gasteiger partial charge in [0.2, 0.25) is 5.91 Å². The van der Waals surface area contributed by atoms with E-state index >= 15 is 0 Å². The molecule has 22 heavy (non-hydrogen) atoms. The van der Waals surface area contributed by atoms with Crippen molar-refractivity contribution >= 4 is 23.2 Å². The molecule has 0 unspecified atom stereocenters. The highest BCUT2D eigenvalue weighted by Crippen LogP contribution is 2.16. The Morgan fingerprint density at radius 2 is 1.86 bits per heavy atom. The summed E-state index contributed by atoms with van der Waals surface area (Å²) in [6, 6.07) is 10.9. The predicted octanol–water partition coefficient (Wildman–Crippen LogP) is 3.26. The second-order valence-corrected chi connectivity index (χ2v) is 6.21. The van der Waals surface area contributed by atoms with Crippen LogP contribution in [0.1, 0.15) is 39.0 Å². The number of benzene rings is 1. The Labute approximate surface area is 133 Å². The molecule has 5 heteroatoms. The van der Waals surface area contributed by atoms with Gasteiger partial charge in [-0.1, -0.05) is 25.1 Å². The Kier molecular flexibility index (Phi) is 5.72. The molecule has 0 spiro atoms. The maximum absolute atomic E-state index is 11.9. The summed E-state index contributed by atoms with van der Waals surface area (Å²) in [4.78, 5) is 25.4. The number of hydrogen-bond acceptors (Lipinski definition) is 3. The molecule has 0 saturated heterocycles. The maximum atomic E-state index is 11.9. The molecule has 0 aliphatic heterocycles. The largest absolute Gasteiger partial charge is 0.478 e. The van der Waals surface area contributed by atoms with E-state index in [1.54, 1.807) is 35.6 Å². The van der Waals surface area contributed by atoms with Crippen LogP contribution in [0.4, 0.5) is 0 Å². The van der Waals surface area contributed by atoms with Crippen LogP contribution >= 0.6 is 11.3 Å². The first-order valence-corrected chi connectivity index (χ1v) is 8.07. The summed E-state index contributed by atoms with van der Waals surface area (Å²) in [5, 5.41) is 12.0. The highest BCUT2D eigenvalue weighted by Gasteiger charge is 2.10. The van der Waals surface area contributed by atoms with E-state index < -0.39 is 5.97 Å². The maximum Gasteiger partial charge on any atom is 0.335 e. The lowest BCUT2D eigenvalue weighted by molar-refractivity contribution is -0.121. The average Bonchev–Trinajstić information content (AvgIpc) is 2.99. The number of rotatable bonds is 7. The molecule has 2 aromatic rings. The van der Waals surface area contributed by atoms with Crippen molar-refractivity contribution in [1.82, 2.24) is 5.32 Å². The van der Waals surface area contributed by atoms with Crippen LogP contribution < -0.4 is 5.32 Å². The van der Waals surface area contributed by atoms with Crippen molar-refractivity contribution in [2.45, 2.75) is 32.7 Å². The van der Waals surface area contributed by atoms with Crippen molar-refractivity contribution in [2.75, 3.05) is 0 Å². The molecule has 0 aliphatic rings. The van der Waals surface area contributed by atoms with E-state index in [0.29, 0.717) is 18.5 Å². The van der Waals surface area contributed by atoms with Gasteiger partial charge in [-0.05, 0) is 36.6 Å². The Balaban J connectivity index is 1.84. The van der Waals surface area contributed by atoms with Gasteiger partial charge in [0.15, 0.2) is 0 Å². The topological polar surface area (TPSA) is 66.4 Å². The summed E-state index contributed by atoms with van der Waals surface area (Å²) < 4.78 is 0. The summed E-state index contributed by atoms with van der Waals surface area (Å²) in [6.07, 6.45) is 1.72. The predicted molar refractivity (Wildman–Crippen MR) is 87.3 cm³/mol. The lowest BCUT2D eigenvalue weighted by atomic mass is 10.0. The number of aromatic carboxylic acids is 1. The molecule has 0 bridgehead atoms. The quantitative estimate of drug-likeness (QED) is 0.823. The molecular formula is C17H19NO3S. The van der Waals surface area contributed by atoms with Gasteiger partial charge < -0.3 is 10.4 Å². The standard InChI is InChI=1S/C17H19NO3S/c1-2-13-8-9-14(22-13)11-18-16(19)10-7-12-5-3-4-6-15(12)17(20)21/h3-6,8-9H,2,7,10-11H2,1H3,(H,18,19)(H,20,21). The summed E-state index contributed by atoms with van der Waals surface area (Å²) in [6.45, 7) is 2.64. The van der Waals surface area contributed by atoms with Crippen LogP contribution in [-0.2, 0) is 24.2 Å². The molecule has 0 fully saturated rings. The number of aryl methyl sites for hydroxylation is 2. The third-order valence-corrected chi connectivity index (χ3v) is 4.62. The second kappa shape index (κ2) is 7.75. The van der Waals surface area contributed by atoms with E-state index in [4.69, 9.17) is 5.11 Å². The first-order chi connectivity index (χ1) is 10.6. The first-order valence-electron chi connectivity index (χ1n) is 7.25. The molecule has 0 radical (unpaired) electrons. The lowest BCUT2D eigenvalue weighted by Crippen LogP contribution is -2.22. The number of amides is 1. The molecule has 0 atom stereocenters. The van der Waals surface area contributed by atoms with E-state index in [0.717, 1.165) is 11.3 Å². The number of hydrogen-bond donors (Lipinski definition) is 2. The van der Waals surface area contributed by atoms with Gasteiger partial charge in [0, 0.05) is 16.2 Å². The van der Waals surface area contributed by atoms with Crippen LogP contribution in [0.2, 0.25) is 0 Å². The van der Waals surface area contributed by atoms with E-state index in [1.165, 1.54) is 4.88 Å². The van der Waals surface area contributed by atoms with Crippen LogP contribution in [0.3, 0.4) is 0 Å².